The molecule has 196 valence electrons. The fourth-order valence-corrected chi connectivity index (χ4v) is 4.91. The molecule has 0 aliphatic heterocycles. The number of nitrogens with one attached hydrogen (secondary N) is 3. The zero-order valence-electron chi connectivity index (χ0n) is 21.2. The predicted octanol–water partition coefficient (Wildman–Crippen LogP) is 3.32. The van der Waals surface area contributed by atoms with Crippen LogP contribution in [0.5, 0.6) is 5.75 Å². The summed E-state index contributed by atoms with van der Waals surface area (Å²) < 4.78 is 21.4. The minimum Gasteiger partial charge on any atom is -0.492 e. The number of aliphatic hydroxyl groups is 1. The molecular weight excluding hydrogens is 477 g/mol. The third-order valence-electron chi connectivity index (χ3n) is 7.20. The summed E-state index contributed by atoms with van der Waals surface area (Å²) in [5, 5.41) is 15.3. The molecule has 0 radical (unpaired) electrons. The van der Waals surface area contributed by atoms with Crippen LogP contribution in [-0.4, -0.2) is 56.7 Å². The molecule has 0 bridgehead atoms. The molecule has 4 N–H and O–H groups in total. The summed E-state index contributed by atoms with van der Waals surface area (Å²) >= 11 is 0. The summed E-state index contributed by atoms with van der Waals surface area (Å²) in [6.07, 6.45) is 4.48. The second-order valence-electron chi connectivity index (χ2n) is 10.3. The third-order valence-corrected chi connectivity index (χ3v) is 7.20. The van der Waals surface area contributed by atoms with Crippen LogP contribution in [0.3, 0.4) is 0 Å². The molecule has 0 saturated heterocycles. The van der Waals surface area contributed by atoms with Crippen molar-refractivity contribution in [1.82, 2.24) is 25.6 Å². The SMILES string of the molecule is Cc1ccc(OCC2CC2)c(-c2ncnc3c(C(=O)NC4CCC(NC(=O)[C@H](C)O)C4)c(C)[nH]c23)c1F. The molecule has 5 rings (SSSR count). The van der Waals surface area contributed by atoms with Crippen LogP contribution in [0.4, 0.5) is 4.39 Å². The minimum atomic E-state index is -1.07. The molecule has 37 heavy (non-hydrogen) atoms. The standard InChI is InChI=1S/C27H32FN5O4/c1-13-4-9-19(37-11-16-5-6-16)21(22(13)28)24-25-23(29-12-30-24)20(14(2)31-25)27(36)33-18-8-7-17(10-18)32-26(35)15(3)34/h4,9,12,15-18,31,34H,5-8,10-11H2,1-3H3,(H,32,35)(H,33,36)/t15-,17?,18?/m0/s1. The van der Waals surface area contributed by atoms with E-state index in [1.807, 2.05) is 0 Å². The van der Waals surface area contributed by atoms with Gasteiger partial charge in [-0.05, 0) is 70.4 Å². The largest absolute Gasteiger partial charge is 0.492 e. The monoisotopic (exact) mass is 509 g/mol. The van der Waals surface area contributed by atoms with E-state index in [1.165, 1.54) is 13.3 Å². The van der Waals surface area contributed by atoms with E-state index < -0.39 is 17.8 Å². The van der Waals surface area contributed by atoms with E-state index >= 15 is 4.39 Å². The Morgan fingerprint density at radius 3 is 2.59 bits per heavy atom. The molecule has 2 aliphatic rings. The molecule has 9 nitrogen and oxygen atoms in total. The lowest BCUT2D eigenvalue weighted by Crippen LogP contribution is -2.40. The van der Waals surface area contributed by atoms with Crippen molar-refractivity contribution in [2.24, 2.45) is 5.92 Å². The van der Waals surface area contributed by atoms with E-state index in [-0.39, 0.29) is 23.6 Å². The molecule has 10 heteroatoms. The Morgan fingerprint density at radius 2 is 1.89 bits per heavy atom. The van der Waals surface area contributed by atoms with Crippen molar-refractivity contribution >= 4 is 22.8 Å². The van der Waals surface area contributed by atoms with E-state index in [1.54, 1.807) is 26.0 Å². The molecule has 3 atom stereocenters. The van der Waals surface area contributed by atoms with Crippen molar-refractivity contribution in [2.45, 2.75) is 71.1 Å². The Labute approximate surface area is 214 Å². The first-order valence-corrected chi connectivity index (χ1v) is 12.8. The first-order valence-electron chi connectivity index (χ1n) is 12.8. The fraction of sp³-hybridized carbons (Fsp3) is 0.481. The van der Waals surface area contributed by atoms with Crippen LogP contribution in [0.25, 0.3) is 22.3 Å². The number of aryl methyl sites for hydroxylation is 2. The summed E-state index contributed by atoms with van der Waals surface area (Å²) in [5.41, 5.74) is 2.93. The number of aliphatic hydroxyl groups excluding tert-OH is 1. The lowest BCUT2D eigenvalue weighted by atomic mass is 10.0. The van der Waals surface area contributed by atoms with Crippen LogP contribution in [0.2, 0.25) is 0 Å². The Hall–Kier alpha value is -3.53. The summed E-state index contributed by atoms with van der Waals surface area (Å²) in [5.74, 6) is -0.207. The van der Waals surface area contributed by atoms with Crippen molar-refractivity contribution in [3.8, 4) is 17.0 Å². The molecule has 1 aromatic carbocycles. The second-order valence-corrected chi connectivity index (χ2v) is 10.3. The average Bonchev–Trinajstić information content (AvgIpc) is 3.48. The quantitative estimate of drug-likeness (QED) is 0.369. The van der Waals surface area contributed by atoms with E-state index in [0.717, 1.165) is 12.8 Å². The van der Waals surface area contributed by atoms with Crippen LogP contribution in [0.1, 0.15) is 60.6 Å². The van der Waals surface area contributed by atoms with Gasteiger partial charge in [0.1, 0.15) is 35.2 Å². The van der Waals surface area contributed by atoms with Gasteiger partial charge in [0.05, 0.1) is 23.3 Å². The molecule has 2 unspecified atom stereocenters. The van der Waals surface area contributed by atoms with Crippen LogP contribution in [-0.2, 0) is 4.79 Å². The van der Waals surface area contributed by atoms with Gasteiger partial charge in [0.25, 0.3) is 5.91 Å². The Morgan fingerprint density at radius 1 is 1.16 bits per heavy atom. The van der Waals surface area contributed by atoms with Crippen molar-refractivity contribution in [3.05, 3.63) is 41.1 Å². The number of carbonyl (C=O) groups is 2. The highest BCUT2D eigenvalue weighted by molar-refractivity contribution is 6.09. The Bertz CT molecular complexity index is 1350. The van der Waals surface area contributed by atoms with Gasteiger partial charge in [0, 0.05) is 17.8 Å². The highest BCUT2D eigenvalue weighted by Gasteiger charge is 2.30. The van der Waals surface area contributed by atoms with Gasteiger partial charge in [-0.2, -0.15) is 0 Å². The number of hydrogen-bond donors (Lipinski definition) is 4. The van der Waals surface area contributed by atoms with Crippen molar-refractivity contribution in [3.63, 3.8) is 0 Å². The van der Waals surface area contributed by atoms with Gasteiger partial charge in [-0.15, -0.1) is 0 Å². The molecule has 2 amide bonds. The number of rotatable bonds is 8. The minimum absolute atomic E-state index is 0.108. The van der Waals surface area contributed by atoms with Gasteiger partial charge in [0.2, 0.25) is 5.91 Å². The molecule has 3 aromatic rings. The van der Waals surface area contributed by atoms with Gasteiger partial charge in [0.15, 0.2) is 0 Å². The number of nitrogens with zero attached hydrogens (tertiary/aromatic N) is 2. The molecular formula is C27H32FN5O4. The van der Waals surface area contributed by atoms with Crippen molar-refractivity contribution in [2.75, 3.05) is 6.61 Å². The van der Waals surface area contributed by atoms with E-state index in [9.17, 15) is 14.7 Å². The molecule has 2 fully saturated rings. The molecule has 2 heterocycles. The van der Waals surface area contributed by atoms with Crippen LogP contribution >= 0.6 is 0 Å². The summed E-state index contributed by atoms with van der Waals surface area (Å²) in [4.78, 5) is 37.1. The predicted molar refractivity (Wildman–Crippen MR) is 136 cm³/mol. The molecule has 0 spiro atoms. The zero-order chi connectivity index (χ0) is 26.3. The van der Waals surface area contributed by atoms with Crippen LogP contribution < -0.4 is 15.4 Å². The summed E-state index contributed by atoms with van der Waals surface area (Å²) in [6.45, 7) is 5.42. The maximum Gasteiger partial charge on any atom is 0.255 e. The number of hydrogen-bond acceptors (Lipinski definition) is 6. The zero-order valence-corrected chi connectivity index (χ0v) is 21.2. The Kier molecular flexibility index (Phi) is 6.85. The number of H-pyrrole nitrogens is 1. The highest BCUT2D eigenvalue weighted by atomic mass is 19.1. The fourth-order valence-electron chi connectivity index (χ4n) is 4.91. The highest BCUT2D eigenvalue weighted by Crippen LogP contribution is 2.39. The summed E-state index contributed by atoms with van der Waals surface area (Å²) in [6, 6.07) is 3.22. The lowest BCUT2D eigenvalue weighted by molar-refractivity contribution is -0.129. The average molecular weight is 510 g/mol. The third kappa shape index (κ3) is 5.16. The van der Waals surface area contributed by atoms with Gasteiger partial charge in [-0.25, -0.2) is 14.4 Å². The van der Waals surface area contributed by atoms with Gasteiger partial charge in [-0.3, -0.25) is 9.59 Å². The molecule has 2 aromatic heterocycles. The maximum atomic E-state index is 15.5. The van der Waals surface area contributed by atoms with Gasteiger partial charge < -0.3 is 25.5 Å². The first-order chi connectivity index (χ1) is 17.7. The van der Waals surface area contributed by atoms with Gasteiger partial charge >= 0.3 is 0 Å². The summed E-state index contributed by atoms with van der Waals surface area (Å²) in [7, 11) is 0. The first kappa shape index (κ1) is 25.1. The van der Waals surface area contributed by atoms with Crippen molar-refractivity contribution < 1.29 is 23.8 Å². The topological polar surface area (TPSA) is 129 Å². The van der Waals surface area contributed by atoms with Crippen LogP contribution in [0.15, 0.2) is 18.5 Å². The van der Waals surface area contributed by atoms with Crippen molar-refractivity contribution in [1.29, 1.82) is 0 Å². The lowest BCUT2D eigenvalue weighted by Gasteiger charge is -2.15. The van der Waals surface area contributed by atoms with E-state index in [2.05, 4.69) is 25.6 Å². The number of ether oxygens (including phenoxy) is 1. The number of carbonyl (C=O) groups excluding carboxylic acids is 2. The number of aromatic nitrogens is 3. The number of halogens is 1. The molecule has 2 saturated carbocycles. The second kappa shape index (κ2) is 10.1. The number of aromatic amines is 1. The molecule has 2 aliphatic carbocycles. The van der Waals surface area contributed by atoms with Gasteiger partial charge in [-0.1, -0.05) is 6.07 Å². The van der Waals surface area contributed by atoms with Crippen LogP contribution in [0, 0.1) is 25.6 Å². The van der Waals surface area contributed by atoms with E-state index in [0.29, 0.717) is 71.1 Å². The number of amides is 2. The number of fused-ring (bicyclic) bond motifs is 1. The normalized spacial score (nSPS) is 20.1. The number of benzene rings is 1. The Balaban J connectivity index is 1.42. The maximum absolute atomic E-state index is 15.5. The smallest absolute Gasteiger partial charge is 0.255 e. The van der Waals surface area contributed by atoms with E-state index in [4.69, 9.17) is 4.74 Å².